The normalized spacial score (nSPS) is 15.1. The highest BCUT2D eigenvalue weighted by Crippen LogP contribution is 2.33. The van der Waals surface area contributed by atoms with Gasteiger partial charge in [-0.2, -0.15) is 0 Å². The van der Waals surface area contributed by atoms with Gasteiger partial charge >= 0.3 is 0 Å². The van der Waals surface area contributed by atoms with E-state index in [4.69, 9.17) is 4.98 Å². The number of fused-ring (bicyclic) bond motifs is 3. The molecule has 98 valence electrons. The molecular weight excluding hydrogens is 274 g/mol. The van der Waals surface area contributed by atoms with Crippen molar-refractivity contribution in [3.8, 4) is 11.4 Å². The van der Waals surface area contributed by atoms with E-state index in [1.165, 1.54) is 41.1 Å². The van der Waals surface area contributed by atoms with E-state index in [1.807, 2.05) is 11.3 Å². The molecule has 0 atom stereocenters. The van der Waals surface area contributed by atoms with Crippen LogP contribution in [0.2, 0.25) is 0 Å². The van der Waals surface area contributed by atoms with Crippen molar-refractivity contribution >= 4 is 27.6 Å². The average Bonchev–Trinajstić information content (AvgIpc) is 3.01. The predicted molar refractivity (Wildman–Crippen MR) is 80.3 cm³/mol. The Morgan fingerprint density at radius 2 is 1.95 bits per heavy atom. The van der Waals surface area contributed by atoms with Crippen LogP contribution in [-0.4, -0.2) is 14.4 Å². The number of nitrogens with zero attached hydrogens (tertiary/aromatic N) is 3. The highest BCUT2D eigenvalue weighted by Gasteiger charge is 2.19. The topological polar surface area (TPSA) is 30.2 Å². The maximum absolute atomic E-state index is 4.79. The van der Waals surface area contributed by atoms with Gasteiger partial charge in [-0.05, 0) is 39.5 Å². The summed E-state index contributed by atoms with van der Waals surface area (Å²) in [6, 6.07) is 0. The maximum Gasteiger partial charge on any atom is 0.194 e. The van der Waals surface area contributed by atoms with E-state index in [1.54, 1.807) is 11.3 Å². The fourth-order valence-corrected chi connectivity index (χ4v) is 4.86. The Morgan fingerprint density at radius 3 is 2.74 bits per heavy atom. The SMILES string of the molecule is Cc1nc(-c2cn3c4c(sc3n2)CCCC4)c(C)s1. The Bertz CT molecular complexity index is 763. The summed E-state index contributed by atoms with van der Waals surface area (Å²) in [5, 5.41) is 1.12. The molecule has 0 amide bonds. The molecule has 3 aromatic rings. The third kappa shape index (κ3) is 1.75. The lowest BCUT2D eigenvalue weighted by atomic mass is 10.0. The Balaban J connectivity index is 1.89. The van der Waals surface area contributed by atoms with Crippen LogP contribution in [0.25, 0.3) is 16.3 Å². The molecule has 4 rings (SSSR count). The quantitative estimate of drug-likeness (QED) is 0.677. The predicted octanol–water partition coefficient (Wildman–Crippen LogP) is 4.01. The molecule has 5 heteroatoms. The monoisotopic (exact) mass is 289 g/mol. The molecule has 0 fully saturated rings. The molecule has 0 aromatic carbocycles. The van der Waals surface area contributed by atoms with Gasteiger partial charge in [-0.15, -0.1) is 22.7 Å². The molecular formula is C14H15N3S2. The maximum atomic E-state index is 4.79. The molecule has 0 unspecified atom stereocenters. The molecule has 1 aliphatic rings. The third-order valence-corrected chi connectivity index (χ3v) is 5.76. The van der Waals surface area contributed by atoms with Crippen molar-refractivity contribution in [2.75, 3.05) is 0 Å². The molecule has 19 heavy (non-hydrogen) atoms. The summed E-state index contributed by atoms with van der Waals surface area (Å²) in [5.41, 5.74) is 3.57. The lowest BCUT2D eigenvalue weighted by Gasteiger charge is -2.09. The molecule has 0 aliphatic heterocycles. The lowest BCUT2D eigenvalue weighted by Crippen LogP contribution is -2.01. The molecule has 0 saturated carbocycles. The van der Waals surface area contributed by atoms with Crippen LogP contribution in [0.3, 0.4) is 0 Å². The van der Waals surface area contributed by atoms with Gasteiger partial charge in [0.05, 0.1) is 5.01 Å². The van der Waals surface area contributed by atoms with Crippen molar-refractivity contribution < 1.29 is 0 Å². The van der Waals surface area contributed by atoms with Crippen molar-refractivity contribution in [3.05, 3.63) is 26.7 Å². The van der Waals surface area contributed by atoms with Gasteiger partial charge in [-0.1, -0.05) is 0 Å². The first-order valence-corrected chi connectivity index (χ1v) is 8.30. The zero-order valence-corrected chi connectivity index (χ0v) is 12.7. The number of aromatic nitrogens is 3. The molecule has 3 nitrogen and oxygen atoms in total. The molecule has 0 radical (unpaired) electrons. The number of thiazole rings is 2. The molecule has 0 saturated heterocycles. The van der Waals surface area contributed by atoms with E-state index in [9.17, 15) is 0 Å². The van der Waals surface area contributed by atoms with Gasteiger partial charge in [0.15, 0.2) is 4.96 Å². The highest BCUT2D eigenvalue weighted by atomic mass is 32.1. The lowest BCUT2D eigenvalue weighted by molar-refractivity contribution is 0.674. The Morgan fingerprint density at radius 1 is 1.11 bits per heavy atom. The number of hydrogen-bond donors (Lipinski definition) is 0. The van der Waals surface area contributed by atoms with E-state index in [2.05, 4.69) is 29.4 Å². The largest absolute Gasteiger partial charge is 0.294 e. The molecule has 0 N–H and O–H groups in total. The second-order valence-electron chi connectivity index (χ2n) is 5.10. The molecule has 3 aromatic heterocycles. The summed E-state index contributed by atoms with van der Waals surface area (Å²) in [6.07, 6.45) is 7.24. The molecule has 3 heterocycles. The van der Waals surface area contributed by atoms with Gasteiger partial charge in [0, 0.05) is 21.6 Å². The fraction of sp³-hybridized carbons (Fsp3) is 0.429. The number of rotatable bonds is 1. The van der Waals surface area contributed by atoms with Crippen LogP contribution in [0, 0.1) is 13.8 Å². The van der Waals surface area contributed by atoms with Crippen LogP contribution in [-0.2, 0) is 12.8 Å². The van der Waals surface area contributed by atoms with Gasteiger partial charge < -0.3 is 0 Å². The summed E-state index contributed by atoms with van der Waals surface area (Å²) < 4.78 is 2.29. The second-order valence-corrected chi connectivity index (χ2v) is 7.56. The van der Waals surface area contributed by atoms with Crippen LogP contribution >= 0.6 is 22.7 Å². The van der Waals surface area contributed by atoms with Gasteiger partial charge in [0.2, 0.25) is 0 Å². The van der Waals surface area contributed by atoms with Gasteiger partial charge in [-0.25, -0.2) is 9.97 Å². The average molecular weight is 289 g/mol. The van der Waals surface area contributed by atoms with E-state index in [-0.39, 0.29) is 0 Å². The Kier molecular flexibility index (Phi) is 2.53. The Hall–Kier alpha value is -1.20. The van der Waals surface area contributed by atoms with Gasteiger partial charge in [0.25, 0.3) is 0 Å². The van der Waals surface area contributed by atoms with Gasteiger partial charge in [-0.3, -0.25) is 4.40 Å². The number of aryl methyl sites for hydroxylation is 4. The minimum absolute atomic E-state index is 1.03. The fourth-order valence-electron chi connectivity index (χ4n) is 2.85. The summed E-state index contributed by atoms with van der Waals surface area (Å²) in [6.45, 7) is 4.18. The second kappa shape index (κ2) is 4.15. The summed E-state index contributed by atoms with van der Waals surface area (Å²) in [4.78, 5) is 13.3. The summed E-state index contributed by atoms with van der Waals surface area (Å²) in [7, 11) is 0. The van der Waals surface area contributed by atoms with Crippen molar-refractivity contribution in [3.63, 3.8) is 0 Å². The van der Waals surface area contributed by atoms with E-state index in [0.717, 1.165) is 21.4 Å². The summed E-state index contributed by atoms with van der Waals surface area (Å²) >= 11 is 3.60. The van der Waals surface area contributed by atoms with Crippen LogP contribution in [0.15, 0.2) is 6.20 Å². The summed E-state index contributed by atoms with van der Waals surface area (Å²) in [5.74, 6) is 0. The zero-order chi connectivity index (χ0) is 13.0. The number of imidazole rings is 1. The Labute approximate surface area is 120 Å². The minimum atomic E-state index is 1.03. The van der Waals surface area contributed by atoms with Crippen LogP contribution in [0.4, 0.5) is 0 Å². The smallest absolute Gasteiger partial charge is 0.194 e. The standard InChI is InChI=1S/C14H15N3S2/c1-8-13(15-9(2)18-8)10-7-17-11-5-3-4-6-12(11)19-14(17)16-10/h7H,3-6H2,1-2H3. The van der Waals surface area contributed by atoms with E-state index < -0.39 is 0 Å². The highest BCUT2D eigenvalue weighted by molar-refractivity contribution is 7.17. The molecule has 0 spiro atoms. The van der Waals surface area contributed by atoms with Crippen molar-refractivity contribution in [1.29, 1.82) is 0 Å². The minimum Gasteiger partial charge on any atom is -0.294 e. The van der Waals surface area contributed by atoms with Crippen molar-refractivity contribution in [2.24, 2.45) is 0 Å². The van der Waals surface area contributed by atoms with Crippen LogP contribution < -0.4 is 0 Å². The third-order valence-electron chi connectivity index (χ3n) is 3.71. The molecule has 1 aliphatic carbocycles. The van der Waals surface area contributed by atoms with Crippen LogP contribution in [0.5, 0.6) is 0 Å². The van der Waals surface area contributed by atoms with Crippen LogP contribution in [0.1, 0.15) is 33.3 Å². The van der Waals surface area contributed by atoms with Gasteiger partial charge in [0.1, 0.15) is 11.4 Å². The molecule has 0 bridgehead atoms. The zero-order valence-electron chi connectivity index (χ0n) is 11.1. The van der Waals surface area contributed by atoms with E-state index >= 15 is 0 Å². The van der Waals surface area contributed by atoms with Crippen molar-refractivity contribution in [1.82, 2.24) is 14.4 Å². The number of hydrogen-bond acceptors (Lipinski definition) is 4. The van der Waals surface area contributed by atoms with Crippen molar-refractivity contribution in [2.45, 2.75) is 39.5 Å². The first-order chi connectivity index (χ1) is 9.22. The first-order valence-electron chi connectivity index (χ1n) is 6.66. The first kappa shape index (κ1) is 11.6. The van der Waals surface area contributed by atoms with E-state index in [0.29, 0.717) is 0 Å².